The molecule has 0 spiro atoms. The fourth-order valence-electron chi connectivity index (χ4n) is 1.55. The van der Waals surface area contributed by atoms with Crippen LogP contribution >= 0.6 is 0 Å². The maximum absolute atomic E-state index is 13.0. The van der Waals surface area contributed by atoms with Crippen LogP contribution in [-0.2, 0) is 25.7 Å². The Morgan fingerprint density at radius 1 is 1.36 bits per heavy atom. The molecule has 0 aromatic heterocycles. The number of hydrogen-bond donors (Lipinski definition) is 1. The van der Waals surface area contributed by atoms with Gasteiger partial charge in [0.25, 0.3) is 15.9 Å². The van der Waals surface area contributed by atoms with Crippen LogP contribution in [0.15, 0.2) is 23.1 Å². The Morgan fingerprint density at radius 3 is 2.45 bits per heavy atom. The van der Waals surface area contributed by atoms with Gasteiger partial charge in [-0.15, -0.1) is 0 Å². The van der Waals surface area contributed by atoms with Crippen molar-refractivity contribution in [3.05, 3.63) is 29.6 Å². The molecule has 0 radical (unpaired) electrons. The van der Waals surface area contributed by atoms with Gasteiger partial charge in [-0.25, -0.2) is 17.5 Å². The second kappa shape index (κ2) is 6.61. The second-order valence-electron chi connectivity index (χ2n) is 4.21. The van der Waals surface area contributed by atoms with Crippen molar-refractivity contribution in [2.24, 2.45) is 0 Å². The zero-order valence-electron chi connectivity index (χ0n) is 11.6. The van der Waals surface area contributed by atoms with Gasteiger partial charge in [0, 0.05) is 6.61 Å². The lowest BCUT2D eigenvalue weighted by molar-refractivity contribution is -0.140. The van der Waals surface area contributed by atoms with Crippen molar-refractivity contribution in [1.82, 2.24) is 4.72 Å². The predicted molar refractivity (Wildman–Crippen MR) is 67.8 cm³/mol. The van der Waals surface area contributed by atoms with Gasteiger partial charge < -0.3 is 4.74 Å². The molecule has 5 nitrogen and oxygen atoms in total. The number of sulfonamides is 1. The van der Waals surface area contributed by atoms with Gasteiger partial charge >= 0.3 is 6.18 Å². The van der Waals surface area contributed by atoms with Gasteiger partial charge in [-0.05, 0) is 32.0 Å². The van der Waals surface area contributed by atoms with Crippen LogP contribution in [0.5, 0.6) is 0 Å². The molecule has 0 aliphatic rings. The van der Waals surface area contributed by atoms with E-state index in [1.54, 1.807) is 6.92 Å². The summed E-state index contributed by atoms with van der Waals surface area (Å²) in [7, 11) is -4.82. The number of carbonyl (C=O) groups excluding carboxylic acids is 1. The Labute approximate surface area is 124 Å². The average molecular weight is 343 g/mol. The number of hydrogen-bond acceptors (Lipinski definition) is 4. The summed E-state index contributed by atoms with van der Waals surface area (Å²) in [5, 5.41) is 0. The summed E-state index contributed by atoms with van der Waals surface area (Å²) in [6, 6.07) is 1.05. The summed E-state index contributed by atoms with van der Waals surface area (Å²) in [6.45, 7) is 2.91. The molecule has 1 N–H and O–H groups in total. The molecule has 0 saturated carbocycles. The standard InChI is InChI=1S/C12H13F4NO4S/c1-3-21-7(2)11(18)17-22(19,20)10-5-4-8(13)6-9(10)12(14,15)16/h4-7H,3H2,1-2H3,(H,17,18). The van der Waals surface area contributed by atoms with E-state index >= 15 is 0 Å². The number of benzene rings is 1. The van der Waals surface area contributed by atoms with Crippen molar-refractivity contribution in [2.75, 3.05) is 6.61 Å². The highest BCUT2D eigenvalue weighted by Gasteiger charge is 2.38. The first-order valence-electron chi connectivity index (χ1n) is 6.04. The van der Waals surface area contributed by atoms with Crippen molar-refractivity contribution in [3.8, 4) is 0 Å². The van der Waals surface area contributed by atoms with E-state index in [0.29, 0.717) is 12.1 Å². The second-order valence-corrected chi connectivity index (χ2v) is 5.86. The molecule has 0 bridgehead atoms. The molecule has 10 heteroatoms. The maximum atomic E-state index is 13.0. The monoisotopic (exact) mass is 343 g/mol. The fourth-order valence-corrected chi connectivity index (χ4v) is 2.81. The number of amides is 1. The van der Waals surface area contributed by atoms with Crippen LogP contribution < -0.4 is 4.72 Å². The summed E-state index contributed by atoms with van der Waals surface area (Å²) in [5.74, 6) is -2.38. The van der Waals surface area contributed by atoms with Crippen LogP contribution in [0.3, 0.4) is 0 Å². The first-order valence-corrected chi connectivity index (χ1v) is 7.52. The van der Waals surface area contributed by atoms with Gasteiger partial charge in [-0.3, -0.25) is 4.79 Å². The zero-order chi connectivity index (χ0) is 17.1. The topological polar surface area (TPSA) is 72.5 Å². The number of ether oxygens (including phenoxy) is 1. The minimum absolute atomic E-state index is 0.0466. The van der Waals surface area contributed by atoms with E-state index in [-0.39, 0.29) is 12.7 Å². The van der Waals surface area contributed by atoms with Gasteiger partial charge in [0.2, 0.25) is 0 Å². The van der Waals surface area contributed by atoms with Gasteiger partial charge in [-0.1, -0.05) is 0 Å². The minimum Gasteiger partial charge on any atom is -0.369 e. The van der Waals surface area contributed by atoms with E-state index in [1.165, 1.54) is 11.6 Å². The largest absolute Gasteiger partial charge is 0.417 e. The Balaban J connectivity index is 3.22. The molecule has 1 amide bonds. The number of halogens is 4. The van der Waals surface area contributed by atoms with E-state index in [2.05, 4.69) is 0 Å². The third-order valence-corrected chi connectivity index (χ3v) is 3.96. The Bertz CT molecular complexity index is 658. The van der Waals surface area contributed by atoms with Gasteiger partial charge in [-0.2, -0.15) is 13.2 Å². The van der Waals surface area contributed by atoms with Crippen molar-refractivity contribution < 1.29 is 35.5 Å². The first kappa shape index (κ1) is 18.4. The van der Waals surface area contributed by atoms with Crippen LogP contribution in [0.25, 0.3) is 0 Å². The molecule has 1 aromatic rings. The number of rotatable bonds is 5. The van der Waals surface area contributed by atoms with E-state index in [9.17, 15) is 30.8 Å². The normalized spacial score (nSPS) is 13.7. The maximum Gasteiger partial charge on any atom is 0.417 e. The molecule has 1 rings (SSSR count). The van der Waals surface area contributed by atoms with Gasteiger partial charge in [0.05, 0.1) is 10.5 Å². The third-order valence-electron chi connectivity index (χ3n) is 2.56. The summed E-state index contributed by atoms with van der Waals surface area (Å²) < 4.78 is 81.5. The highest BCUT2D eigenvalue weighted by molar-refractivity contribution is 7.90. The lowest BCUT2D eigenvalue weighted by Gasteiger charge is -2.16. The van der Waals surface area contributed by atoms with E-state index in [4.69, 9.17) is 4.74 Å². The van der Waals surface area contributed by atoms with Crippen LogP contribution in [0.2, 0.25) is 0 Å². The van der Waals surface area contributed by atoms with Crippen LogP contribution in [0.4, 0.5) is 17.6 Å². The predicted octanol–water partition coefficient (Wildman–Crippen LogP) is 2.07. The van der Waals surface area contributed by atoms with Gasteiger partial charge in [0.15, 0.2) is 0 Å². The summed E-state index contributed by atoms with van der Waals surface area (Å²) in [6.07, 6.45) is -6.27. The molecule has 22 heavy (non-hydrogen) atoms. The molecular weight excluding hydrogens is 330 g/mol. The smallest absolute Gasteiger partial charge is 0.369 e. The summed E-state index contributed by atoms with van der Waals surface area (Å²) in [5.41, 5.74) is -1.70. The molecule has 0 saturated heterocycles. The molecule has 0 aliphatic heterocycles. The number of carbonyl (C=O) groups is 1. The SMILES string of the molecule is CCOC(C)C(=O)NS(=O)(=O)c1ccc(F)cc1C(F)(F)F. The summed E-state index contributed by atoms with van der Waals surface area (Å²) in [4.78, 5) is 10.3. The summed E-state index contributed by atoms with van der Waals surface area (Å²) >= 11 is 0. The average Bonchev–Trinajstić information content (AvgIpc) is 2.37. The quantitative estimate of drug-likeness (QED) is 0.831. The molecule has 1 aromatic carbocycles. The van der Waals surface area contributed by atoms with Crippen LogP contribution in [0, 0.1) is 5.82 Å². The van der Waals surface area contributed by atoms with Crippen molar-refractivity contribution in [1.29, 1.82) is 0 Å². The third kappa shape index (κ3) is 4.41. The van der Waals surface area contributed by atoms with E-state index in [0.717, 1.165) is 0 Å². The Morgan fingerprint density at radius 2 is 1.95 bits per heavy atom. The molecule has 124 valence electrons. The first-order chi connectivity index (χ1) is 9.99. The Hall–Kier alpha value is -1.68. The zero-order valence-corrected chi connectivity index (χ0v) is 12.4. The number of nitrogens with one attached hydrogen (secondary N) is 1. The van der Waals surface area contributed by atoms with Crippen LogP contribution in [0.1, 0.15) is 19.4 Å². The van der Waals surface area contributed by atoms with Crippen molar-refractivity contribution in [3.63, 3.8) is 0 Å². The van der Waals surface area contributed by atoms with E-state index < -0.39 is 44.5 Å². The van der Waals surface area contributed by atoms with Gasteiger partial charge in [0.1, 0.15) is 11.9 Å². The molecule has 1 unspecified atom stereocenters. The van der Waals surface area contributed by atoms with E-state index in [1.807, 2.05) is 0 Å². The van der Waals surface area contributed by atoms with Crippen molar-refractivity contribution >= 4 is 15.9 Å². The molecule has 0 fully saturated rings. The molecule has 0 aliphatic carbocycles. The molecular formula is C12H13F4NO4S. The highest BCUT2D eigenvalue weighted by atomic mass is 32.2. The molecule has 0 heterocycles. The van der Waals surface area contributed by atoms with Crippen LogP contribution in [-0.4, -0.2) is 27.0 Å². The Kier molecular flexibility index (Phi) is 5.52. The number of alkyl halides is 3. The lowest BCUT2D eigenvalue weighted by atomic mass is 10.2. The fraction of sp³-hybridized carbons (Fsp3) is 0.417. The minimum atomic E-state index is -5.10. The lowest BCUT2D eigenvalue weighted by Crippen LogP contribution is -2.39. The van der Waals surface area contributed by atoms with Crippen molar-refractivity contribution in [2.45, 2.75) is 31.0 Å². The highest BCUT2D eigenvalue weighted by Crippen LogP contribution is 2.34. The molecule has 1 atom stereocenters.